The van der Waals surface area contributed by atoms with Crippen LogP contribution in [0, 0.1) is 12.8 Å². The van der Waals surface area contributed by atoms with Crippen LogP contribution in [0.4, 0.5) is 0 Å². The lowest BCUT2D eigenvalue weighted by Crippen LogP contribution is -2.06. The number of benzene rings is 2. The lowest BCUT2D eigenvalue weighted by atomic mass is 10.1. The SMILES string of the molecule is Cc1c(-c2ccc(O)cc2)n(CC(C)C)c2ccc(O)cc12. The highest BCUT2D eigenvalue weighted by Crippen LogP contribution is 2.36. The van der Waals surface area contributed by atoms with Crippen LogP contribution in [-0.4, -0.2) is 14.8 Å². The summed E-state index contributed by atoms with van der Waals surface area (Å²) in [5.74, 6) is 1.07. The van der Waals surface area contributed by atoms with Crippen molar-refractivity contribution in [3.63, 3.8) is 0 Å². The van der Waals surface area contributed by atoms with Crippen molar-refractivity contribution in [3.05, 3.63) is 48.0 Å². The maximum atomic E-state index is 9.80. The number of phenols is 2. The molecule has 2 aromatic carbocycles. The van der Waals surface area contributed by atoms with Gasteiger partial charge >= 0.3 is 0 Å². The average Bonchev–Trinajstić information content (AvgIpc) is 2.72. The molecule has 0 unspecified atom stereocenters. The van der Waals surface area contributed by atoms with E-state index >= 15 is 0 Å². The quantitative estimate of drug-likeness (QED) is 0.736. The van der Waals surface area contributed by atoms with E-state index in [1.165, 1.54) is 0 Å². The van der Waals surface area contributed by atoms with Gasteiger partial charge in [-0.2, -0.15) is 0 Å². The van der Waals surface area contributed by atoms with Crippen LogP contribution >= 0.6 is 0 Å². The molecular weight excluding hydrogens is 274 g/mol. The first kappa shape index (κ1) is 14.5. The molecular formula is C19H21NO2. The second kappa shape index (κ2) is 5.41. The average molecular weight is 295 g/mol. The smallest absolute Gasteiger partial charge is 0.116 e. The first-order valence-corrected chi connectivity index (χ1v) is 7.58. The third-order valence-electron chi connectivity index (χ3n) is 3.99. The van der Waals surface area contributed by atoms with E-state index < -0.39 is 0 Å². The highest BCUT2D eigenvalue weighted by molar-refractivity contribution is 5.92. The van der Waals surface area contributed by atoms with Crippen LogP contribution in [0.5, 0.6) is 11.5 Å². The molecule has 2 N–H and O–H groups in total. The number of aromatic hydroxyl groups is 2. The van der Waals surface area contributed by atoms with Crippen LogP contribution in [0.25, 0.3) is 22.2 Å². The summed E-state index contributed by atoms with van der Waals surface area (Å²) in [7, 11) is 0. The maximum Gasteiger partial charge on any atom is 0.116 e. The Kier molecular flexibility index (Phi) is 3.57. The Morgan fingerprint density at radius 3 is 2.23 bits per heavy atom. The third kappa shape index (κ3) is 2.43. The van der Waals surface area contributed by atoms with Crippen LogP contribution in [0.2, 0.25) is 0 Å². The number of phenolic OH excluding ortho intramolecular Hbond substituents is 2. The largest absolute Gasteiger partial charge is 0.508 e. The van der Waals surface area contributed by atoms with Gasteiger partial charge in [-0.05, 0) is 66.4 Å². The Bertz CT molecular complexity index is 814. The normalized spacial score (nSPS) is 11.5. The molecule has 3 aromatic rings. The van der Waals surface area contributed by atoms with Gasteiger partial charge in [-0.25, -0.2) is 0 Å². The lowest BCUT2D eigenvalue weighted by Gasteiger charge is -2.14. The van der Waals surface area contributed by atoms with Gasteiger partial charge in [0.05, 0.1) is 5.69 Å². The van der Waals surface area contributed by atoms with Crippen molar-refractivity contribution in [2.45, 2.75) is 27.3 Å². The molecule has 0 atom stereocenters. The Labute approximate surface area is 130 Å². The molecule has 22 heavy (non-hydrogen) atoms. The van der Waals surface area contributed by atoms with Gasteiger partial charge in [0.25, 0.3) is 0 Å². The summed E-state index contributed by atoms with van der Waals surface area (Å²) < 4.78 is 2.31. The van der Waals surface area contributed by atoms with Crippen LogP contribution in [0.15, 0.2) is 42.5 Å². The third-order valence-corrected chi connectivity index (χ3v) is 3.99. The van der Waals surface area contributed by atoms with Gasteiger partial charge in [0, 0.05) is 17.4 Å². The summed E-state index contributed by atoms with van der Waals surface area (Å²) in [5, 5.41) is 20.4. The molecule has 0 aliphatic heterocycles. The topological polar surface area (TPSA) is 45.4 Å². The summed E-state index contributed by atoms with van der Waals surface area (Å²) in [6.07, 6.45) is 0. The van der Waals surface area contributed by atoms with E-state index in [0.29, 0.717) is 5.92 Å². The molecule has 0 aliphatic rings. The predicted molar refractivity (Wildman–Crippen MR) is 90.3 cm³/mol. The minimum Gasteiger partial charge on any atom is -0.508 e. The van der Waals surface area contributed by atoms with Crippen LogP contribution in [-0.2, 0) is 6.54 Å². The van der Waals surface area contributed by atoms with E-state index in [4.69, 9.17) is 0 Å². The van der Waals surface area contributed by atoms with E-state index in [9.17, 15) is 10.2 Å². The minimum atomic E-state index is 0.269. The molecule has 0 aliphatic carbocycles. The summed E-state index contributed by atoms with van der Waals surface area (Å²) in [6.45, 7) is 7.39. The monoisotopic (exact) mass is 295 g/mol. The molecule has 3 nitrogen and oxygen atoms in total. The number of aryl methyl sites for hydroxylation is 1. The van der Waals surface area contributed by atoms with E-state index in [0.717, 1.165) is 34.3 Å². The number of hydrogen-bond acceptors (Lipinski definition) is 2. The fourth-order valence-corrected chi connectivity index (χ4v) is 3.06. The second-order valence-corrected chi connectivity index (χ2v) is 6.23. The summed E-state index contributed by atoms with van der Waals surface area (Å²) >= 11 is 0. The minimum absolute atomic E-state index is 0.269. The van der Waals surface area contributed by atoms with E-state index in [-0.39, 0.29) is 11.5 Å². The molecule has 0 saturated carbocycles. The fourth-order valence-electron chi connectivity index (χ4n) is 3.06. The zero-order valence-corrected chi connectivity index (χ0v) is 13.2. The standard InChI is InChI=1S/C19H21NO2/c1-12(2)11-20-18-9-8-16(22)10-17(18)13(3)19(20)14-4-6-15(21)7-5-14/h4-10,12,21-22H,11H2,1-3H3. The number of rotatable bonds is 3. The Hall–Kier alpha value is -2.42. The zero-order chi connectivity index (χ0) is 15.9. The van der Waals surface area contributed by atoms with Gasteiger partial charge in [0.2, 0.25) is 0 Å². The van der Waals surface area contributed by atoms with Crippen molar-refractivity contribution in [1.29, 1.82) is 0 Å². The summed E-state index contributed by atoms with van der Waals surface area (Å²) in [5.41, 5.74) is 4.50. The molecule has 0 amide bonds. The van der Waals surface area contributed by atoms with Crippen molar-refractivity contribution < 1.29 is 10.2 Å². The van der Waals surface area contributed by atoms with Crippen molar-refractivity contribution >= 4 is 10.9 Å². The van der Waals surface area contributed by atoms with Crippen molar-refractivity contribution in [2.75, 3.05) is 0 Å². The molecule has 1 heterocycles. The predicted octanol–water partition coefficient (Wildman–Crippen LogP) is 4.68. The first-order valence-electron chi connectivity index (χ1n) is 7.58. The van der Waals surface area contributed by atoms with Crippen molar-refractivity contribution in [3.8, 4) is 22.8 Å². The molecule has 0 bridgehead atoms. The molecule has 3 rings (SSSR count). The van der Waals surface area contributed by atoms with Gasteiger partial charge in [0.15, 0.2) is 0 Å². The maximum absolute atomic E-state index is 9.80. The number of hydrogen-bond donors (Lipinski definition) is 2. The molecule has 0 fully saturated rings. The fraction of sp³-hybridized carbons (Fsp3) is 0.263. The highest BCUT2D eigenvalue weighted by atomic mass is 16.3. The molecule has 3 heteroatoms. The highest BCUT2D eigenvalue weighted by Gasteiger charge is 2.17. The van der Waals surface area contributed by atoms with E-state index in [2.05, 4.69) is 25.3 Å². The van der Waals surface area contributed by atoms with Gasteiger partial charge in [-0.1, -0.05) is 13.8 Å². The van der Waals surface area contributed by atoms with Crippen LogP contribution in [0.1, 0.15) is 19.4 Å². The summed E-state index contributed by atoms with van der Waals surface area (Å²) in [6, 6.07) is 12.8. The summed E-state index contributed by atoms with van der Waals surface area (Å²) in [4.78, 5) is 0. The number of nitrogens with zero attached hydrogens (tertiary/aromatic N) is 1. The van der Waals surface area contributed by atoms with Gasteiger partial charge in [-0.3, -0.25) is 0 Å². The number of fused-ring (bicyclic) bond motifs is 1. The van der Waals surface area contributed by atoms with Crippen molar-refractivity contribution in [2.24, 2.45) is 5.92 Å². The Balaban J connectivity index is 2.31. The van der Waals surface area contributed by atoms with Gasteiger partial charge < -0.3 is 14.8 Å². The molecule has 0 saturated heterocycles. The number of aromatic nitrogens is 1. The van der Waals surface area contributed by atoms with Gasteiger partial charge in [-0.15, -0.1) is 0 Å². The van der Waals surface area contributed by atoms with E-state index in [1.807, 2.05) is 24.3 Å². The Morgan fingerprint density at radius 1 is 0.955 bits per heavy atom. The Morgan fingerprint density at radius 2 is 1.59 bits per heavy atom. The van der Waals surface area contributed by atoms with Crippen LogP contribution in [0.3, 0.4) is 0 Å². The zero-order valence-electron chi connectivity index (χ0n) is 13.2. The molecule has 114 valence electrons. The van der Waals surface area contributed by atoms with Crippen LogP contribution < -0.4 is 0 Å². The first-order chi connectivity index (χ1) is 10.5. The molecule has 1 aromatic heterocycles. The molecule has 0 radical (unpaired) electrons. The van der Waals surface area contributed by atoms with Crippen molar-refractivity contribution in [1.82, 2.24) is 4.57 Å². The molecule has 0 spiro atoms. The second-order valence-electron chi connectivity index (χ2n) is 6.23. The van der Waals surface area contributed by atoms with E-state index in [1.54, 1.807) is 18.2 Å². The lowest BCUT2D eigenvalue weighted by molar-refractivity contribution is 0.475. The van der Waals surface area contributed by atoms with Gasteiger partial charge in [0.1, 0.15) is 11.5 Å².